The van der Waals surface area contributed by atoms with E-state index in [1.54, 1.807) is 13.1 Å². The molecule has 1 heterocycles. The zero-order valence-corrected chi connectivity index (χ0v) is 8.97. The quantitative estimate of drug-likeness (QED) is 0.673. The molecule has 3 N–H and O–H groups in total. The van der Waals surface area contributed by atoms with Crippen LogP contribution in [0.2, 0.25) is 0 Å². The van der Waals surface area contributed by atoms with Crippen molar-refractivity contribution in [1.82, 2.24) is 4.98 Å². The Labute approximate surface area is 83.4 Å². The van der Waals surface area contributed by atoms with Crippen LogP contribution in [0, 0.1) is 6.92 Å². The Kier molecular flexibility index (Phi) is 2.55. The number of nitrogens with one attached hydrogen (secondary N) is 1. The number of hydrogen-bond donors (Lipinski definition) is 2. The van der Waals surface area contributed by atoms with E-state index < -0.39 is 5.60 Å². The molecule has 0 fully saturated rings. The summed E-state index contributed by atoms with van der Waals surface area (Å²) in [5, 5.41) is 0. The van der Waals surface area contributed by atoms with Gasteiger partial charge in [0.1, 0.15) is 11.2 Å². The number of esters is 1. The lowest BCUT2D eigenvalue weighted by atomic mass is 10.1. The zero-order chi connectivity index (χ0) is 10.9. The normalized spacial score (nSPS) is 11.4. The van der Waals surface area contributed by atoms with Gasteiger partial charge >= 0.3 is 5.97 Å². The van der Waals surface area contributed by atoms with Crippen LogP contribution in [0.3, 0.4) is 0 Å². The SMILES string of the molecule is Cc1[nH]cc(N)c1C(=O)OC(C)(C)C. The van der Waals surface area contributed by atoms with Gasteiger partial charge in [-0.1, -0.05) is 0 Å². The number of aryl methyl sites for hydroxylation is 1. The Hall–Kier alpha value is -1.45. The van der Waals surface area contributed by atoms with Crippen molar-refractivity contribution in [3.8, 4) is 0 Å². The van der Waals surface area contributed by atoms with Crippen molar-refractivity contribution in [2.24, 2.45) is 0 Å². The average molecular weight is 196 g/mol. The van der Waals surface area contributed by atoms with Crippen LogP contribution >= 0.6 is 0 Å². The predicted octanol–water partition coefficient (Wildman–Crippen LogP) is 1.86. The summed E-state index contributed by atoms with van der Waals surface area (Å²) in [6.45, 7) is 7.25. The first-order valence-corrected chi connectivity index (χ1v) is 4.48. The minimum Gasteiger partial charge on any atom is -0.456 e. The van der Waals surface area contributed by atoms with E-state index in [2.05, 4.69) is 4.98 Å². The molecule has 0 amide bonds. The van der Waals surface area contributed by atoms with Crippen molar-refractivity contribution in [3.63, 3.8) is 0 Å². The first-order chi connectivity index (χ1) is 6.31. The van der Waals surface area contributed by atoms with E-state index in [9.17, 15) is 4.79 Å². The van der Waals surface area contributed by atoms with Gasteiger partial charge in [-0.2, -0.15) is 0 Å². The highest BCUT2D eigenvalue weighted by Gasteiger charge is 2.21. The maximum absolute atomic E-state index is 11.6. The number of aromatic amines is 1. The predicted molar refractivity (Wildman–Crippen MR) is 55.1 cm³/mol. The molecule has 1 rings (SSSR count). The van der Waals surface area contributed by atoms with Gasteiger partial charge in [0.25, 0.3) is 0 Å². The second kappa shape index (κ2) is 3.36. The second-order valence-corrected chi connectivity index (χ2v) is 4.25. The summed E-state index contributed by atoms with van der Waals surface area (Å²) < 4.78 is 5.20. The Bertz CT molecular complexity index is 328. The summed E-state index contributed by atoms with van der Waals surface area (Å²) >= 11 is 0. The van der Waals surface area contributed by atoms with Crippen molar-refractivity contribution in [2.45, 2.75) is 33.3 Å². The molecule has 1 aromatic heterocycles. The Balaban J connectivity index is 2.90. The van der Waals surface area contributed by atoms with Gasteiger partial charge in [0.05, 0.1) is 5.69 Å². The molecule has 1 aromatic rings. The molecule has 0 unspecified atom stereocenters. The van der Waals surface area contributed by atoms with E-state index in [-0.39, 0.29) is 5.97 Å². The van der Waals surface area contributed by atoms with Gasteiger partial charge in [0.2, 0.25) is 0 Å². The first-order valence-electron chi connectivity index (χ1n) is 4.48. The number of nitrogens with two attached hydrogens (primary N) is 1. The van der Waals surface area contributed by atoms with Gasteiger partial charge in [-0.3, -0.25) is 0 Å². The lowest BCUT2D eigenvalue weighted by molar-refractivity contribution is 0.00702. The Morgan fingerprint density at radius 1 is 1.50 bits per heavy atom. The maximum Gasteiger partial charge on any atom is 0.342 e. The molecule has 0 saturated heterocycles. The molecule has 0 aliphatic heterocycles. The fourth-order valence-corrected chi connectivity index (χ4v) is 1.15. The van der Waals surface area contributed by atoms with Crippen molar-refractivity contribution in [1.29, 1.82) is 0 Å². The number of anilines is 1. The molecule has 0 aliphatic carbocycles. The minimum atomic E-state index is -0.493. The van der Waals surface area contributed by atoms with Gasteiger partial charge in [-0.15, -0.1) is 0 Å². The molecule has 4 nitrogen and oxygen atoms in total. The fraction of sp³-hybridized carbons (Fsp3) is 0.500. The molecule has 0 aromatic carbocycles. The topological polar surface area (TPSA) is 68.1 Å². The van der Waals surface area contributed by atoms with Crippen LogP contribution in [0.5, 0.6) is 0 Å². The summed E-state index contributed by atoms with van der Waals surface area (Å²) in [6, 6.07) is 0. The summed E-state index contributed by atoms with van der Waals surface area (Å²) in [5.41, 5.74) is 6.73. The first kappa shape index (κ1) is 10.6. The number of carbonyl (C=O) groups is 1. The van der Waals surface area contributed by atoms with Crippen LogP contribution in [-0.2, 0) is 4.74 Å². The molecule has 0 atom stereocenters. The van der Waals surface area contributed by atoms with E-state index in [4.69, 9.17) is 10.5 Å². The summed E-state index contributed by atoms with van der Waals surface area (Å²) in [7, 11) is 0. The number of aromatic nitrogens is 1. The van der Waals surface area contributed by atoms with Crippen molar-refractivity contribution in [2.75, 3.05) is 5.73 Å². The Morgan fingerprint density at radius 2 is 2.07 bits per heavy atom. The van der Waals surface area contributed by atoms with E-state index in [1.165, 1.54) is 0 Å². The van der Waals surface area contributed by atoms with Gasteiger partial charge in [0.15, 0.2) is 0 Å². The van der Waals surface area contributed by atoms with E-state index in [0.717, 1.165) is 5.69 Å². The van der Waals surface area contributed by atoms with Crippen LogP contribution in [0.15, 0.2) is 6.20 Å². The average Bonchev–Trinajstić information content (AvgIpc) is 2.27. The highest BCUT2D eigenvalue weighted by molar-refractivity contribution is 5.96. The molecule has 0 saturated carbocycles. The highest BCUT2D eigenvalue weighted by atomic mass is 16.6. The monoisotopic (exact) mass is 196 g/mol. The molecule has 0 aliphatic rings. The zero-order valence-electron chi connectivity index (χ0n) is 8.97. The molecule has 14 heavy (non-hydrogen) atoms. The number of H-pyrrole nitrogens is 1. The van der Waals surface area contributed by atoms with Gasteiger partial charge < -0.3 is 15.5 Å². The third-order valence-electron chi connectivity index (χ3n) is 1.71. The van der Waals surface area contributed by atoms with Gasteiger partial charge in [0, 0.05) is 11.9 Å². The smallest absolute Gasteiger partial charge is 0.342 e. The van der Waals surface area contributed by atoms with Gasteiger partial charge in [-0.05, 0) is 27.7 Å². The second-order valence-electron chi connectivity index (χ2n) is 4.25. The molecule has 0 bridgehead atoms. The molecular weight excluding hydrogens is 180 g/mol. The lowest BCUT2D eigenvalue weighted by Gasteiger charge is -2.19. The molecule has 0 radical (unpaired) electrons. The Morgan fingerprint density at radius 3 is 2.43 bits per heavy atom. The van der Waals surface area contributed by atoms with Crippen LogP contribution in [-0.4, -0.2) is 16.6 Å². The minimum absolute atomic E-state index is 0.381. The van der Waals surface area contributed by atoms with Crippen LogP contribution < -0.4 is 5.73 Å². The van der Waals surface area contributed by atoms with E-state index in [0.29, 0.717) is 11.3 Å². The number of ether oxygens (including phenoxy) is 1. The van der Waals surface area contributed by atoms with Crippen molar-refractivity contribution in [3.05, 3.63) is 17.5 Å². The fourth-order valence-electron chi connectivity index (χ4n) is 1.15. The number of rotatable bonds is 1. The summed E-state index contributed by atoms with van der Waals surface area (Å²) in [4.78, 5) is 14.5. The summed E-state index contributed by atoms with van der Waals surface area (Å²) in [5.74, 6) is -0.381. The molecule has 78 valence electrons. The van der Waals surface area contributed by atoms with Crippen LogP contribution in [0.25, 0.3) is 0 Å². The lowest BCUT2D eigenvalue weighted by Crippen LogP contribution is -2.24. The third-order valence-corrected chi connectivity index (χ3v) is 1.71. The van der Waals surface area contributed by atoms with Crippen molar-refractivity contribution < 1.29 is 9.53 Å². The third kappa shape index (κ3) is 2.28. The highest BCUT2D eigenvalue weighted by Crippen LogP contribution is 2.19. The van der Waals surface area contributed by atoms with E-state index in [1.807, 2.05) is 20.8 Å². The van der Waals surface area contributed by atoms with Gasteiger partial charge in [-0.25, -0.2) is 4.79 Å². The van der Waals surface area contributed by atoms with Crippen LogP contribution in [0.1, 0.15) is 36.8 Å². The number of carbonyl (C=O) groups excluding carboxylic acids is 1. The molecule has 0 spiro atoms. The summed E-state index contributed by atoms with van der Waals surface area (Å²) in [6.07, 6.45) is 1.59. The molecule has 4 heteroatoms. The van der Waals surface area contributed by atoms with E-state index >= 15 is 0 Å². The van der Waals surface area contributed by atoms with Crippen molar-refractivity contribution >= 4 is 11.7 Å². The maximum atomic E-state index is 11.6. The standard InChI is InChI=1S/C10H16N2O2/c1-6-8(7(11)5-12-6)9(13)14-10(2,3)4/h5,12H,11H2,1-4H3. The number of hydrogen-bond acceptors (Lipinski definition) is 3. The number of nitrogen functional groups attached to an aromatic ring is 1. The largest absolute Gasteiger partial charge is 0.456 e. The molecular formula is C10H16N2O2. The van der Waals surface area contributed by atoms with Crippen LogP contribution in [0.4, 0.5) is 5.69 Å².